The van der Waals surface area contributed by atoms with E-state index in [1.54, 1.807) is 18.2 Å². The predicted octanol–water partition coefficient (Wildman–Crippen LogP) is 3.52. The second-order valence-corrected chi connectivity index (χ2v) is 6.67. The van der Waals surface area contributed by atoms with Gasteiger partial charge in [0.2, 0.25) is 0 Å². The number of carbonyl (C=O) groups is 2. The minimum absolute atomic E-state index is 0.00523. The van der Waals surface area contributed by atoms with Crippen molar-refractivity contribution < 1.29 is 28.0 Å². The van der Waals surface area contributed by atoms with Crippen molar-refractivity contribution in [1.29, 1.82) is 0 Å². The smallest absolute Gasteiger partial charge is 0.309 e. The van der Waals surface area contributed by atoms with E-state index in [1.807, 2.05) is 4.90 Å². The Morgan fingerprint density at radius 3 is 2.45 bits per heavy atom. The Kier molecular flexibility index (Phi) is 6.16. The van der Waals surface area contributed by atoms with E-state index in [0.29, 0.717) is 31.6 Å². The van der Waals surface area contributed by atoms with Gasteiger partial charge in [0.1, 0.15) is 5.69 Å². The van der Waals surface area contributed by atoms with Crippen molar-refractivity contribution in [2.24, 2.45) is 5.92 Å². The number of halogens is 2. The molecule has 0 radical (unpaired) electrons. The van der Waals surface area contributed by atoms with Crippen LogP contribution in [0.15, 0.2) is 42.5 Å². The highest BCUT2D eigenvalue weighted by atomic mass is 19.2. The molecule has 0 spiro atoms. The summed E-state index contributed by atoms with van der Waals surface area (Å²) in [7, 11) is 0. The van der Waals surface area contributed by atoms with Gasteiger partial charge in [0.15, 0.2) is 24.0 Å². The fourth-order valence-electron chi connectivity index (χ4n) is 3.25. The minimum atomic E-state index is -1.15. The van der Waals surface area contributed by atoms with E-state index in [-0.39, 0.29) is 11.3 Å². The number of ether oxygens (including phenoxy) is 1. The van der Waals surface area contributed by atoms with Crippen LogP contribution < -0.4 is 4.90 Å². The van der Waals surface area contributed by atoms with Crippen LogP contribution in [-0.2, 0) is 9.53 Å². The number of piperidine rings is 1. The normalized spacial score (nSPS) is 14.5. The van der Waals surface area contributed by atoms with Crippen LogP contribution in [0.5, 0.6) is 0 Å². The van der Waals surface area contributed by atoms with Gasteiger partial charge in [0, 0.05) is 24.7 Å². The third-order valence-corrected chi connectivity index (χ3v) is 4.83. The molecule has 29 heavy (non-hydrogen) atoms. The molecule has 2 aromatic rings. The molecule has 0 aliphatic carbocycles. The molecule has 0 atom stereocenters. The first-order valence-corrected chi connectivity index (χ1v) is 9.00. The van der Waals surface area contributed by atoms with Crippen molar-refractivity contribution in [3.63, 3.8) is 0 Å². The number of hydrogen-bond acceptors (Lipinski definition) is 6. The van der Waals surface area contributed by atoms with E-state index < -0.39 is 40.8 Å². The number of carbonyl (C=O) groups excluding carboxylic acids is 2. The maximum atomic E-state index is 13.2. The van der Waals surface area contributed by atoms with E-state index in [4.69, 9.17) is 4.74 Å². The minimum Gasteiger partial charge on any atom is -0.457 e. The van der Waals surface area contributed by atoms with Crippen LogP contribution in [0.2, 0.25) is 0 Å². The van der Waals surface area contributed by atoms with Gasteiger partial charge < -0.3 is 9.64 Å². The van der Waals surface area contributed by atoms with Crippen molar-refractivity contribution in [3.8, 4) is 0 Å². The average molecular weight is 404 g/mol. The van der Waals surface area contributed by atoms with Gasteiger partial charge in [-0.25, -0.2) is 8.78 Å². The van der Waals surface area contributed by atoms with Gasteiger partial charge in [0.05, 0.1) is 10.8 Å². The second kappa shape index (κ2) is 8.76. The molecule has 0 bridgehead atoms. The Labute approximate surface area is 165 Å². The molecule has 0 unspecified atom stereocenters. The Morgan fingerprint density at radius 2 is 1.79 bits per heavy atom. The van der Waals surface area contributed by atoms with E-state index in [2.05, 4.69) is 0 Å². The topological polar surface area (TPSA) is 89.8 Å². The van der Waals surface area contributed by atoms with E-state index in [0.717, 1.165) is 18.2 Å². The van der Waals surface area contributed by atoms with Crippen LogP contribution in [0.25, 0.3) is 0 Å². The summed E-state index contributed by atoms with van der Waals surface area (Å²) in [5, 5.41) is 11.2. The monoisotopic (exact) mass is 404 g/mol. The zero-order chi connectivity index (χ0) is 21.0. The van der Waals surface area contributed by atoms with E-state index in [9.17, 15) is 28.5 Å². The van der Waals surface area contributed by atoms with Crippen LogP contribution in [0.3, 0.4) is 0 Å². The Bertz CT molecular complexity index is 942. The van der Waals surface area contributed by atoms with Crippen LogP contribution >= 0.6 is 0 Å². The fourth-order valence-corrected chi connectivity index (χ4v) is 3.25. The maximum Gasteiger partial charge on any atom is 0.309 e. The number of rotatable bonds is 6. The van der Waals surface area contributed by atoms with Crippen LogP contribution in [0, 0.1) is 27.7 Å². The summed E-state index contributed by atoms with van der Waals surface area (Å²) in [6.07, 6.45) is 0.842. The molecular formula is C20H18F2N2O5. The molecule has 1 aliphatic heterocycles. The lowest BCUT2D eigenvalue weighted by Gasteiger charge is -2.32. The van der Waals surface area contributed by atoms with Gasteiger partial charge in [-0.3, -0.25) is 19.7 Å². The lowest BCUT2D eigenvalue weighted by atomic mass is 9.96. The van der Waals surface area contributed by atoms with Crippen molar-refractivity contribution in [2.75, 3.05) is 24.6 Å². The number of nitro groups is 1. The average Bonchev–Trinajstić information content (AvgIpc) is 2.73. The van der Waals surface area contributed by atoms with Crippen molar-refractivity contribution in [1.82, 2.24) is 0 Å². The lowest BCUT2D eigenvalue weighted by Crippen LogP contribution is -2.37. The Morgan fingerprint density at radius 1 is 1.10 bits per heavy atom. The quantitative estimate of drug-likeness (QED) is 0.317. The SMILES string of the molecule is O=C(COC(=O)C1CCN(c2ccccc2[N+](=O)[O-])CC1)c1ccc(F)c(F)c1. The molecule has 1 aliphatic rings. The first-order chi connectivity index (χ1) is 13.9. The molecule has 152 valence electrons. The summed E-state index contributed by atoms with van der Waals surface area (Å²) in [6, 6.07) is 9.12. The number of benzene rings is 2. The van der Waals surface area contributed by atoms with E-state index >= 15 is 0 Å². The zero-order valence-corrected chi connectivity index (χ0v) is 15.3. The highest BCUT2D eigenvalue weighted by Gasteiger charge is 2.29. The first kappa shape index (κ1) is 20.4. The molecule has 0 amide bonds. The van der Waals surface area contributed by atoms with E-state index in [1.165, 1.54) is 6.07 Å². The molecule has 1 fully saturated rings. The number of Topliss-reactive ketones (excluding diaryl/α,β-unsaturated/α-hetero) is 1. The largest absolute Gasteiger partial charge is 0.457 e. The van der Waals surface area contributed by atoms with Crippen LogP contribution in [0.4, 0.5) is 20.2 Å². The van der Waals surface area contributed by atoms with Crippen molar-refractivity contribution >= 4 is 23.1 Å². The predicted molar refractivity (Wildman–Crippen MR) is 99.7 cm³/mol. The summed E-state index contributed by atoms with van der Waals surface area (Å²) < 4.78 is 31.2. The van der Waals surface area contributed by atoms with Gasteiger partial charge in [-0.2, -0.15) is 0 Å². The molecule has 0 aromatic heterocycles. The number of anilines is 1. The molecule has 7 nitrogen and oxygen atoms in total. The molecule has 9 heteroatoms. The highest BCUT2D eigenvalue weighted by molar-refractivity contribution is 5.98. The summed E-state index contributed by atoms with van der Waals surface area (Å²) in [5.74, 6) is -3.84. The Balaban J connectivity index is 1.53. The van der Waals surface area contributed by atoms with Crippen LogP contribution in [-0.4, -0.2) is 36.4 Å². The second-order valence-electron chi connectivity index (χ2n) is 6.67. The number of ketones is 1. The molecule has 0 saturated carbocycles. The molecule has 3 rings (SSSR count). The van der Waals surface area contributed by atoms with Gasteiger partial charge in [-0.15, -0.1) is 0 Å². The number of para-hydroxylation sites is 2. The molecular weight excluding hydrogens is 386 g/mol. The summed E-state index contributed by atoms with van der Waals surface area (Å²) in [4.78, 5) is 36.8. The molecule has 0 N–H and O–H groups in total. The van der Waals surface area contributed by atoms with Gasteiger partial charge in [-0.1, -0.05) is 12.1 Å². The summed E-state index contributed by atoms with van der Waals surface area (Å²) in [6.45, 7) is 0.303. The van der Waals surface area contributed by atoms with Crippen LogP contribution in [0.1, 0.15) is 23.2 Å². The molecule has 1 saturated heterocycles. The number of nitrogens with zero attached hydrogens (tertiary/aromatic N) is 2. The molecule has 2 aromatic carbocycles. The maximum absolute atomic E-state index is 13.2. The third kappa shape index (κ3) is 4.74. The summed E-state index contributed by atoms with van der Waals surface area (Å²) in [5.41, 5.74) is 0.423. The fraction of sp³-hybridized carbons (Fsp3) is 0.300. The summed E-state index contributed by atoms with van der Waals surface area (Å²) >= 11 is 0. The van der Waals surface area contributed by atoms with Gasteiger partial charge in [0.25, 0.3) is 5.69 Å². The van der Waals surface area contributed by atoms with Gasteiger partial charge >= 0.3 is 5.97 Å². The molecule has 1 heterocycles. The van der Waals surface area contributed by atoms with Crippen molar-refractivity contribution in [3.05, 3.63) is 69.8 Å². The van der Waals surface area contributed by atoms with Gasteiger partial charge in [-0.05, 0) is 37.1 Å². The zero-order valence-electron chi connectivity index (χ0n) is 15.3. The Hall–Kier alpha value is -3.36. The number of nitro benzene ring substituents is 1. The lowest BCUT2D eigenvalue weighted by molar-refractivity contribution is -0.384. The van der Waals surface area contributed by atoms with Crippen molar-refractivity contribution in [2.45, 2.75) is 12.8 Å². The number of esters is 1. The number of hydrogen-bond donors (Lipinski definition) is 0. The first-order valence-electron chi connectivity index (χ1n) is 9.00. The highest BCUT2D eigenvalue weighted by Crippen LogP contribution is 2.31. The standard InChI is InChI=1S/C20H18F2N2O5/c21-15-6-5-14(11-16(15)22)19(25)12-29-20(26)13-7-9-23(10-8-13)17-3-1-2-4-18(17)24(27)28/h1-6,11,13H,7-10,12H2. The third-order valence-electron chi connectivity index (χ3n) is 4.83.